The van der Waals surface area contributed by atoms with Crippen LogP contribution >= 0.6 is 0 Å². The van der Waals surface area contributed by atoms with Gasteiger partial charge in [-0.3, -0.25) is 20.2 Å². The van der Waals surface area contributed by atoms with Gasteiger partial charge in [0.05, 0.1) is 28.6 Å². The van der Waals surface area contributed by atoms with Gasteiger partial charge in [0.25, 0.3) is 11.4 Å². The van der Waals surface area contributed by atoms with Gasteiger partial charge in [-0.2, -0.15) is 0 Å². The zero-order chi connectivity index (χ0) is 35.5. The minimum absolute atomic E-state index is 0.0935. The van der Waals surface area contributed by atoms with E-state index in [0.717, 1.165) is 63.9 Å². The first-order valence-corrected chi connectivity index (χ1v) is 18.6. The van der Waals surface area contributed by atoms with Gasteiger partial charge in [0, 0.05) is 18.5 Å². The minimum atomic E-state index is -0.783. The van der Waals surface area contributed by atoms with Crippen LogP contribution in [0.25, 0.3) is 0 Å². The highest BCUT2D eigenvalue weighted by Gasteiger charge is 2.71. The molecule has 6 aliphatic rings. The van der Waals surface area contributed by atoms with Gasteiger partial charge in [-0.1, -0.05) is 46.8 Å². The normalized spacial score (nSPS) is 41.8. The van der Waals surface area contributed by atoms with Gasteiger partial charge in [-0.15, -0.1) is 0 Å². The molecule has 7 rings (SSSR count). The molecule has 49 heavy (non-hydrogen) atoms. The van der Waals surface area contributed by atoms with E-state index in [0.29, 0.717) is 42.7 Å². The standard InChI is InChI=1S/C39H55N3O7/c1-23(2)24-10-15-39(22-49-34(44)25-20-28(40-18-19-40)29(42(47)48)21-27(25)41(45)46)17-16-37(6)26(33(24)39)8-9-31-36(5)13-12-32(43)35(3,4)30(36)11-14-38(31,37)7/h20-21,24,26,30-33,43H,1,8-19,22H2,2-7H3/t24-,26+,30-,31+,32-,33+,36-,37+,38+,39+/m0/s1. The van der Waals surface area contributed by atoms with E-state index in [1.165, 1.54) is 18.1 Å². The molecule has 0 bridgehead atoms. The number of carbonyl (C=O) groups excluding carboxylic acids is 1. The lowest BCUT2D eigenvalue weighted by atomic mass is 9.32. The summed E-state index contributed by atoms with van der Waals surface area (Å²) in [5.74, 6) is 1.36. The molecular weight excluding hydrogens is 622 g/mol. The molecule has 10 nitrogen and oxygen atoms in total. The van der Waals surface area contributed by atoms with Gasteiger partial charge in [-0.25, -0.2) is 4.79 Å². The van der Waals surface area contributed by atoms with E-state index in [-0.39, 0.29) is 56.7 Å². The zero-order valence-electron chi connectivity index (χ0n) is 30.3. The van der Waals surface area contributed by atoms with Crippen LogP contribution in [-0.4, -0.2) is 46.7 Å². The molecule has 6 fully saturated rings. The number of esters is 1. The minimum Gasteiger partial charge on any atom is -0.461 e. The molecule has 1 aromatic rings. The fourth-order valence-corrected chi connectivity index (χ4v) is 13.4. The first-order valence-electron chi connectivity index (χ1n) is 18.6. The molecule has 0 amide bonds. The van der Waals surface area contributed by atoms with E-state index in [2.05, 4.69) is 48.1 Å². The van der Waals surface area contributed by atoms with Gasteiger partial charge in [0.1, 0.15) is 11.3 Å². The van der Waals surface area contributed by atoms with Crippen LogP contribution in [0.4, 0.5) is 17.1 Å². The Morgan fingerprint density at radius 1 is 0.898 bits per heavy atom. The van der Waals surface area contributed by atoms with E-state index in [9.17, 15) is 30.1 Å². The summed E-state index contributed by atoms with van der Waals surface area (Å²) in [4.78, 5) is 37.9. The topological polar surface area (TPSA) is 136 Å². The first-order chi connectivity index (χ1) is 22.9. The number of nitro benzene ring substituents is 2. The van der Waals surface area contributed by atoms with Crippen molar-refractivity contribution in [3.8, 4) is 0 Å². The second-order valence-corrected chi connectivity index (χ2v) is 18.4. The Balaban J connectivity index is 1.19. The number of carbonyl (C=O) groups is 1. The first kappa shape index (κ1) is 34.4. The molecule has 1 aliphatic heterocycles. The Bertz CT molecular complexity index is 1600. The number of fused-ring (bicyclic) bond motifs is 7. The molecule has 1 saturated heterocycles. The maximum absolute atomic E-state index is 13.8. The highest BCUT2D eigenvalue weighted by molar-refractivity contribution is 5.96. The molecule has 10 heteroatoms. The molecule has 268 valence electrons. The maximum atomic E-state index is 13.8. The van der Waals surface area contributed by atoms with E-state index < -0.39 is 21.5 Å². The number of ether oxygens (including phenoxy) is 1. The van der Waals surface area contributed by atoms with Crippen LogP contribution in [0.3, 0.4) is 0 Å². The summed E-state index contributed by atoms with van der Waals surface area (Å²) in [6, 6.07) is 2.20. The number of rotatable bonds is 7. The summed E-state index contributed by atoms with van der Waals surface area (Å²) in [6.07, 6.45) is 10.2. The summed E-state index contributed by atoms with van der Waals surface area (Å²) in [5, 5.41) is 34.9. The van der Waals surface area contributed by atoms with Crippen LogP contribution in [0.1, 0.15) is 116 Å². The van der Waals surface area contributed by atoms with Crippen LogP contribution in [0.2, 0.25) is 0 Å². The van der Waals surface area contributed by atoms with E-state index in [4.69, 9.17) is 4.74 Å². The van der Waals surface area contributed by atoms with Crippen molar-refractivity contribution >= 4 is 23.0 Å². The van der Waals surface area contributed by atoms with Gasteiger partial charge >= 0.3 is 5.97 Å². The third kappa shape index (κ3) is 4.85. The fourth-order valence-electron chi connectivity index (χ4n) is 13.4. The lowest BCUT2D eigenvalue weighted by Crippen LogP contribution is -2.66. The summed E-state index contributed by atoms with van der Waals surface area (Å²) in [6.45, 7) is 20.3. The monoisotopic (exact) mass is 677 g/mol. The van der Waals surface area contributed by atoms with Gasteiger partial charge in [0.2, 0.25) is 0 Å². The predicted molar refractivity (Wildman–Crippen MR) is 187 cm³/mol. The Morgan fingerprint density at radius 2 is 1.59 bits per heavy atom. The molecule has 0 radical (unpaired) electrons. The number of nitrogens with zero attached hydrogens (tertiary/aromatic N) is 3. The van der Waals surface area contributed by atoms with Gasteiger partial charge < -0.3 is 14.7 Å². The molecule has 5 aliphatic carbocycles. The van der Waals surface area contributed by atoms with Crippen LogP contribution in [0, 0.1) is 76.9 Å². The molecule has 10 atom stereocenters. The van der Waals surface area contributed by atoms with E-state index in [1.54, 1.807) is 4.90 Å². The van der Waals surface area contributed by atoms with Crippen molar-refractivity contribution in [3.05, 3.63) is 50.1 Å². The average molecular weight is 678 g/mol. The van der Waals surface area contributed by atoms with Crippen LogP contribution < -0.4 is 4.90 Å². The van der Waals surface area contributed by atoms with Crippen molar-refractivity contribution in [3.63, 3.8) is 0 Å². The van der Waals surface area contributed by atoms with Crippen molar-refractivity contribution in [2.45, 2.75) is 112 Å². The molecule has 1 N–H and O–H groups in total. The molecule has 0 aromatic heterocycles. The number of nitro groups is 2. The second-order valence-electron chi connectivity index (χ2n) is 18.4. The fraction of sp³-hybridized carbons (Fsp3) is 0.769. The Hall–Kier alpha value is -3.01. The SMILES string of the molecule is C=C(C)[C@@H]1CC[C@]2(COC(=O)c3cc(N4CC4)c([N+](=O)[O-])cc3[N+](=O)[O-])CC[C@]3(C)[C@H](CC[C@@H]4[C@@]5(C)CC[C@H](O)C(C)(C)[C@@H]5CC[C@]43C)[C@@H]12. The predicted octanol–water partition coefficient (Wildman–Crippen LogP) is 8.50. The van der Waals surface area contributed by atoms with Crippen molar-refractivity contribution < 1.29 is 24.5 Å². The summed E-state index contributed by atoms with van der Waals surface area (Å²) in [5.41, 5.74) is 0.322. The van der Waals surface area contributed by atoms with Crippen LogP contribution in [0.15, 0.2) is 24.3 Å². The Labute approximate surface area is 290 Å². The van der Waals surface area contributed by atoms with Gasteiger partial charge in [0.15, 0.2) is 0 Å². The van der Waals surface area contributed by atoms with Gasteiger partial charge in [-0.05, 0) is 128 Å². The van der Waals surface area contributed by atoms with Crippen molar-refractivity contribution in [2.75, 3.05) is 24.6 Å². The third-order valence-corrected chi connectivity index (χ3v) is 16.2. The smallest absolute Gasteiger partial charge is 0.345 e. The number of hydrogen-bond donors (Lipinski definition) is 1. The number of aliphatic hydroxyl groups excluding tert-OH is 1. The number of anilines is 1. The van der Waals surface area contributed by atoms with Crippen LogP contribution in [0.5, 0.6) is 0 Å². The summed E-state index contributed by atoms with van der Waals surface area (Å²) < 4.78 is 6.13. The molecular formula is C39H55N3O7. The lowest BCUT2D eigenvalue weighted by molar-refractivity contribution is -0.393. The molecule has 1 aromatic carbocycles. The van der Waals surface area contributed by atoms with E-state index in [1.807, 2.05) is 0 Å². The Morgan fingerprint density at radius 3 is 2.22 bits per heavy atom. The van der Waals surface area contributed by atoms with Crippen molar-refractivity contribution in [1.29, 1.82) is 0 Å². The number of allylic oxidation sites excluding steroid dienone is 1. The number of hydrogen-bond acceptors (Lipinski definition) is 8. The lowest BCUT2D eigenvalue weighted by Gasteiger charge is -2.73. The van der Waals surface area contributed by atoms with Crippen LogP contribution in [-0.2, 0) is 4.74 Å². The quantitative estimate of drug-likeness (QED) is 0.0998. The van der Waals surface area contributed by atoms with Crippen molar-refractivity contribution in [1.82, 2.24) is 0 Å². The summed E-state index contributed by atoms with van der Waals surface area (Å²) >= 11 is 0. The van der Waals surface area contributed by atoms with Crippen molar-refractivity contribution in [2.24, 2.45) is 56.7 Å². The highest BCUT2D eigenvalue weighted by Crippen LogP contribution is 2.77. The molecule has 0 spiro atoms. The largest absolute Gasteiger partial charge is 0.461 e. The zero-order valence-corrected chi connectivity index (χ0v) is 30.3. The highest BCUT2D eigenvalue weighted by atomic mass is 16.6. The average Bonchev–Trinajstić information content (AvgIpc) is 3.81. The molecule has 1 heterocycles. The van der Waals surface area contributed by atoms with E-state index >= 15 is 0 Å². The summed E-state index contributed by atoms with van der Waals surface area (Å²) in [7, 11) is 0. The molecule has 5 saturated carbocycles. The Kier molecular flexibility index (Phi) is 7.90. The maximum Gasteiger partial charge on any atom is 0.345 e. The third-order valence-electron chi connectivity index (χ3n) is 16.2. The second kappa shape index (κ2) is 11.2. The molecule has 0 unspecified atom stereocenters. The number of aliphatic hydroxyl groups is 1. The number of benzene rings is 1.